The highest BCUT2D eigenvalue weighted by atomic mass is 35.5. The van der Waals surface area contributed by atoms with Crippen LogP contribution in [0.4, 0.5) is 30.4 Å². The molecule has 2 unspecified atom stereocenters. The fourth-order valence-electron chi connectivity index (χ4n) is 6.22. The number of nitrogens with two attached hydrogens (primary N) is 1. The molecule has 1 aromatic carbocycles. The van der Waals surface area contributed by atoms with Gasteiger partial charge in [-0.1, -0.05) is 29.8 Å². The number of carbonyl (C=O) groups is 1. The normalized spacial score (nSPS) is 20.8. The second-order valence-electron chi connectivity index (χ2n) is 11.0. The SMILES string of the molecule is C=CC(=O)N1CCN(C2=C(C#N)C3OC(C)c4nccc(C)c4N3c3nc(-c4c(F)c(N)c(F)c(Cl)c4F)c(Cl)cc32)C[C@H]1C. The zero-order valence-electron chi connectivity index (χ0n) is 24.3. The molecule has 2 aromatic heterocycles. The van der Waals surface area contributed by atoms with Gasteiger partial charge in [-0.15, -0.1) is 0 Å². The predicted molar refractivity (Wildman–Crippen MR) is 164 cm³/mol. The number of rotatable bonds is 3. The lowest BCUT2D eigenvalue weighted by Gasteiger charge is -2.48. The number of ether oxygens (including phenoxy) is 1. The van der Waals surface area contributed by atoms with Crippen LogP contribution >= 0.6 is 23.2 Å². The average Bonchev–Trinajstić information content (AvgIpc) is 3.02. The molecule has 1 saturated heterocycles. The molecule has 1 amide bonds. The van der Waals surface area contributed by atoms with Crippen LogP contribution in [0.1, 0.15) is 36.8 Å². The number of nitriles is 1. The topological polar surface area (TPSA) is 112 Å². The van der Waals surface area contributed by atoms with E-state index in [1.807, 2.05) is 25.7 Å². The van der Waals surface area contributed by atoms with E-state index in [1.165, 1.54) is 12.1 Å². The fourth-order valence-corrected chi connectivity index (χ4v) is 6.66. The van der Waals surface area contributed by atoms with Gasteiger partial charge in [-0.3, -0.25) is 14.7 Å². The van der Waals surface area contributed by atoms with Crippen molar-refractivity contribution >= 4 is 52.0 Å². The summed E-state index contributed by atoms with van der Waals surface area (Å²) in [5.74, 6) is -4.33. The Bertz CT molecular complexity index is 1850. The number of hydrogen-bond donors (Lipinski definition) is 1. The van der Waals surface area contributed by atoms with Crippen molar-refractivity contribution < 1.29 is 22.7 Å². The van der Waals surface area contributed by atoms with Crippen molar-refractivity contribution in [2.24, 2.45) is 0 Å². The summed E-state index contributed by atoms with van der Waals surface area (Å²) in [4.78, 5) is 26.9. The second kappa shape index (κ2) is 11.2. The first-order valence-electron chi connectivity index (χ1n) is 14.0. The zero-order chi connectivity index (χ0) is 32.5. The lowest BCUT2D eigenvalue weighted by atomic mass is 9.93. The van der Waals surface area contributed by atoms with Gasteiger partial charge in [0.15, 0.2) is 23.7 Å². The quantitative estimate of drug-likeness (QED) is 0.152. The van der Waals surface area contributed by atoms with Crippen molar-refractivity contribution in [2.75, 3.05) is 30.3 Å². The molecule has 3 aliphatic heterocycles. The van der Waals surface area contributed by atoms with Crippen molar-refractivity contribution in [1.29, 1.82) is 5.26 Å². The van der Waals surface area contributed by atoms with Gasteiger partial charge >= 0.3 is 0 Å². The molecule has 3 aliphatic rings. The maximum Gasteiger partial charge on any atom is 0.246 e. The van der Waals surface area contributed by atoms with Gasteiger partial charge in [0.2, 0.25) is 5.91 Å². The van der Waals surface area contributed by atoms with Crippen molar-refractivity contribution in [3.8, 4) is 17.3 Å². The molecule has 2 N–H and O–H groups in total. The molecule has 5 heterocycles. The minimum absolute atomic E-state index is 0.160. The van der Waals surface area contributed by atoms with E-state index in [4.69, 9.17) is 33.7 Å². The summed E-state index contributed by atoms with van der Waals surface area (Å²) in [5.41, 5.74) is 6.44. The molecule has 232 valence electrons. The van der Waals surface area contributed by atoms with Gasteiger partial charge in [0.05, 0.1) is 33.4 Å². The summed E-state index contributed by atoms with van der Waals surface area (Å²) >= 11 is 12.5. The molecule has 3 atom stereocenters. The number of nitrogens with zero attached hydrogens (tertiary/aromatic N) is 6. The summed E-state index contributed by atoms with van der Waals surface area (Å²) in [6, 6.07) is 5.29. The Morgan fingerprint density at radius 1 is 1.22 bits per heavy atom. The largest absolute Gasteiger partial charge is 0.394 e. The molecule has 14 heteroatoms. The van der Waals surface area contributed by atoms with Crippen LogP contribution in [0.3, 0.4) is 0 Å². The van der Waals surface area contributed by atoms with E-state index in [2.05, 4.69) is 22.6 Å². The maximum absolute atomic E-state index is 15.4. The van der Waals surface area contributed by atoms with Crippen molar-refractivity contribution in [2.45, 2.75) is 39.1 Å². The molecule has 0 bridgehead atoms. The number of amides is 1. The Morgan fingerprint density at radius 3 is 2.62 bits per heavy atom. The van der Waals surface area contributed by atoms with Gasteiger partial charge in [0.25, 0.3) is 0 Å². The predicted octanol–water partition coefficient (Wildman–Crippen LogP) is 6.28. The van der Waals surface area contributed by atoms with Crippen molar-refractivity contribution in [3.63, 3.8) is 0 Å². The third-order valence-corrected chi connectivity index (χ3v) is 8.97. The van der Waals surface area contributed by atoms with Gasteiger partial charge < -0.3 is 20.3 Å². The van der Waals surface area contributed by atoms with E-state index >= 15 is 8.78 Å². The van der Waals surface area contributed by atoms with Gasteiger partial charge in [-0.2, -0.15) is 5.26 Å². The van der Waals surface area contributed by atoms with E-state index in [-0.39, 0.29) is 34.1 Å². The lowest BCUT2D eigenvalue weighted by molar-refractivity contribution is -0.129. The number of aromatic nitrogens is 2. The van der Waals surface area contributed by atoms with Crippen molar-refractivity contribution in [3.05, 3.63) is 80.9 Å². The maximum atomic E-state index is 15.4. The standard InChI is InChI=1S/C31H26Cl2F3N7O2/c1-5-19(44)42-9-8-41(12-14(42)3)29-16-10-18(32)27(20-22(34)21(33)24(36)25(38)23(20)35)40-30(16)43-28-13(2)6-7-39-26(28)15(4)45-31(43)17(29)11-37/h5-7,10,14-15,31H,1,8-9,12,38H2,2-4H3/t14-,15?,31?/m1/s1. The number of piperazine rings is 1. The number of aryl methyl sites for hydroxylation is 1. The van der Waals surface area contributed by atoms with Crippen LogP contribution in [0, 0.1) is 35.7 Å². The molecule has 45 heavy (non-hydrogen) atoms. The first-order valence-corrected chi connectivity index (χ1v) is 14.7. The number of hydrogen-bond acceptors (Lipinski definition) is 8. The Balaban J connectivity index is 1.63. The Kier molecular flexibility index (Phi) is 7.67. The summed E-state index contributed by atoms with van der Waals surface area (Å²) < 4.78 is 51.6. The molecular weight excluding hydrogens is 630 g/mol. The van der Waals surface area contributed by atoms with E-state index in [0.29, 0.717) is 42.3 Å². The second-order valence-corrected chi connectivity index (χ2v) is 11.8. The number of carbonyl (C=O) groups excluding carboxylic acids is 1. The minimum atomic E-state index is -1.44. The Hall–Kier alpha value is -4.31. The van der Waals surface area contributed by atoms with Crippen molar-refractivity contribution in [1.82, 2.24) is 19.8 Å². The van der Waals surface area contributed by atoms with Crippen LogP contribution in [0.15, 0.2) is 36.6 Å². The van der Waals surface area contributed by atoms with Crippen LogP contribution in [-0.4, -0.2) is 57.6 Å². The average molecular weight is 656 g/mol. The summed E-state index contributed by atoms with van der Waals surface area (Å²) in [7, 11) is 0. The van der Waals surface area contributed by atoms with Crippen LogP contribution in [0.5, 0.6) is 0 Å². The van der Waals surface area contributed by atoms with Gasteiger partial charge in [-0.05, 0) is 44.5 Å². The van der Waals surface area contributed by atoms with E-state index in [1.54, 1.807) is 22.1 Å². The number of pyridine rings is 2. The highest BCUT2D eigenvalue weighted by Gasteiger charge is 2.46. The van der Waals surface area contributed by atoms with Gasteiger partial charge in [-0.25, -0.2) is 18.2 Å². The highest BCUT2D eigenvalue weighted by Crippen LogP contribution is 2.52. The Labute approximate surface area is 266 Å². The van der Waals surface area contributed by atoms with Crippen LogP contribution in [-0.2, 0) is 9.53 Å². The highest BCUT2D eigenvalue weighted by molar-refractivity contribution is 6.34. The van der Waals surface area contributed by atoms with Crippen LogP contribution < -0.4 is 10.6 Å². The number of nitrogen functional groups attached to an aromatic ring is 1. The number of anilines is 3. The van der Waals surface area contributed by atoms with E-state index in [0.717, 1.165) is 5.56 Å². The molecule has 9 nitrogen and oxygen atoms in total. The van der Waals surface area contributed by atoms with Crippen LogP contribution in [0.25, 0.3) is 17.0 Å². The molecule has 3 aromatic rings. The molecule has 0 saturated carbocycles. The third-order valence-electron chi connectivity index (χ3n) is 8.35. The van der Waals surface area contributed by atoms with E-state index < -0.39 is 46.1 Å². The number of benzene rings is 1. The van der Waals surface area contributed by atoms with Gasteiger partial charge in [0, 0.05) is 37.4 Å². The van der Waals surface area contributed by atoms with Crippen LogP contribution in [0.2, 0.25) is 10.0 Å². The monoisotopic (exact) mass is 655 g/mol. The fraction of sp³-hybridized carbons (Fsp3) is 0.290. The zero-order valence-corrected chi connectivity index (χ0v) is 25.8. The third kappa shape index (κ3) is 4.60. The lowest BCUT2D eigenvalue weighted by Crippen LogP contribution is -2.54. The molecule has 0 radical (unpaired) electrons. The summed E-state index contributed by atoms with van der Waals surface area (Å²) in [6.45, 7) is 10.1. The number of fused-ring (bicyclic) bond motifs is 5. The molecule has 0 spiro atoms. The Morgan fingerprint density at radius 2 is 1.96 bits per heavy atom. The molecular formula is C31H26Cl2F3N7O2. The molecule has 1 fully saturated rings. The van der Waals surface area contributed by atoms with E-state index in [9.17, 15) is 14.4 Å². The smallest absolute Gasteiger partial charge is 0.246 e. The summed E-state index contributed by atoms with van der Waals surface area (Å²) in [6.07, 6.45) is 1.34. The van der Waals surface area contributed by atoms with Gasteiger partial charge in [0.1, 0.15) is 34.3 Å². The first kappa shape index (κ1) is 30.7. The molecule has 0 aliphatic carbocycles. The molecule has 6 rings (SSSR count). The first-order chi connectivity index (χ1) is 21.4. The summed E-state index contributed by atoms with van der Waals surface area (Å²) in [5, 5.41) is 9.40. The minimum Gasteiger partial charge on any atom is -0.394 e. The number of halogens is 5.